The maximum absolute atomic E-state index is 13.7. The van der Waals surface area contributed by atoms with Crippen molar-refractivity contribution in [1.82, 2.24) is 4.98 Å². The van der Waals surface area contributed by atoms with E-state index in [9.17, 15) is 8.78 Å². The van der Waals surface area contributed by atoms with Crippen LogP contribution in [0.25, 0.3) is 0 Å². The Labute approximate surface area is 107 Å². The number of nitrogens with zero attached hydrogens (tertiary/aromatic N) is 1. The van der Waals surface area contributed by atoms with Crippen molar-refractivity contribution in [2.45, 2.75) is 37.3 Å². The summed E-state index contributed by atoms with van der Waals surface area (Å²) in [6.45, 7) is 0. The van der Waals surface area contributed by atoms with Crippen LogP contribution < -0.4 is 11.5 Å². The molecule has 1 heterocycles. The zero-order valence-electron chi connectivity index (χ0n) is 9.22. The van der Waals surface area contributed by atoms with E-state index in [1.807, 2.05) is 0 Å². The molecule has 0 amide bonds. The Kier molecular flexibility index (Phi) is 3.47. The highest BCUT2D eigenvalue weighted by molar-refractivity contribution is 9.10. The van der Waals surface area contributed by atoms with Crippen LogP contribution in [0.3, 0.4) is 0 Å². The van der Waals surface area contributed by atoms with Crippen LogP contribution in [0, 0.1) is 11.6 Å². The molecule has 0 bridgehead atoms. The monoisotopic (exact) mass is 305 g/mol. The molecule has 0 radical (unpaired) electrons. The third-order valence-corrected chi connectivity index (χ3v) is 3.74. The summed E-state index contributed by atoms with van der Waals surface area (Å²) in [4.78, 5) is 3.89. The molecule has 0 saturated heterocycles. The molecule has 2 atom stereocenters. The summed E-state index contributed by atoms with van der Waals surface area (Å²) >= 11 is 2.95. The van der Waals surface area contributed by atoms with Crippen molar-refractivity contribution >= 4 is 15.9 Å². The second-order valence-corrected chi connectivity index (χ2v) is 5.36. The normalized spacial score (nSPS) is 29.4. The van der Waals surface area contributed by atoms with Crippen LogP contribution in [0.5, 0.6) is 0 Å². The van der Waals surface area contributed by atoms with Gasteiger partial charge in [-0.3, -0.25) is 0 Å². The smallest absolute Gasteiger partial charge is 0.158 e. The zero-order valence-corrected chi connectivity index (χ0v) is 10.8. The molecule has 17 heavy (non-hydrogen) atoms. The van der Waals surface area contributed by atoms with Crippen LogP contribution in [0.15, 0.2) is 10.7 Å². The van der Waals surface area contributed by atoms with Gasteiger partial charge in [0.05, 0.1) is 11.2 Å². The number of pyridine rings is 1. The summed E-state index contributed by atoms with van der Waals surface area (Å²) in [6, 6.07) is 0.750. The van der Waals surface area contributed by atoms with Crippen molar-refractivity contribution in [2.75, 3.05) is 0 Å². The lowest BCUT2D eigenvalue weighted by atomic mass is 9.77. The van der Waals surface area contributed by atoms with E-state index >= 15 is 0 Å². The molecule has 3 nitrogen and oxygen atoms in total. The lowest BCUT2D eigenvalue weighted by Gasteiger charge is -2.36. The van der Waals surface area contributed by atoms with Crippen LogP contribution in [0.4, 0.5) is 8.78 Å². The summed E-state index contributed by atoms with van der Waals surface area (Å²) in [6.07, 6.45) is 2.79. The van der Waals surface area contributed by atoms with Crippen molar-refractivity contribution in [3.05, 3.63) is 28.0 Å². The molecule has 1 aromatic heterocycles. The Morgan fingerprint density at radius 3 is 2.76 bits per heavy atom. The Balaban J connectivity index is 2.41. The first-order chi connectivity index (χ1) is 7.92. The van der Waals surface area contributed by atoms with E-state index in [0.29, 0.717) is 12.8 Å². The Hall–Kier alpha value is -0.590. The highest BCUT2D eigenvalue weighted by atomic mass is 79.9. The van der Waals surface area contributed by atoms with Gasteiger partial charge in [-0.05, 0) is 41.6 Å². The maximum Gasteiger partial charge on any atom is 0.158 e. The standard InChI is InChI=1S/C11H14BrF2N3/c12-10-8(14)4-7(13)9(17-10)11(16)3-1-2-6(15)5-11/h4,6H,1-3,5,15-16H2. The third kappa shape index (κ3) is 2.48. The van der Waals surface area contributed by atoms with E-state index in [2.05, 4.69) is 20.9 Å². The molecule has 0 aliphatic heterocycles. The average molecular weight is 306 g/mol. The van der Waals surface area contributed by atoms with Crippen LogP contribution >= 0.6 is 15.9 Å². The molecule has 1 aliphatic rings. The van der Waals surface area contributed by atoms with Gasteiger partial charge in [0.1, 0.15) is 10.4 Å². The largest absolute Gasteiger partial charge is 0.328 e. The van der Waals surface area contributed by atoms with Crippen molar-refractivity contribution in [1.29, 1.82) is 0 Å². The van der Waals surface area contributed by atoms with E-state index in [-0.39, 0.29) is 16.3 Å². The summed E-state index contributed by atoms with van der Waals surface area (Å²) in [5, 5.41) is 0. The minimum Gasteiger partial charge on any atom is -0.328 e. The van der Waals surface area contributed by atoms with Gasteiger partial charge in [-0.15, -0.1) is 0 Å². The lowest BCUT2D eigenvalue weighted by molar-refractivity contribution is 0.257. The van der Waals surface area contributed by atoms with Crippen molar-refractivity contribution in [2.24, 2.45) is 11.5 Å². The first-order valence-electron chi connectivity index (χ1n) is 5.49. The fourth-order valence-electron chi connectivity index (χ4n) is 2.36. The first kappa shape index (κ1) is 12.9. The van der Waals surface area contributed by atoms with E-state index < -0.39 is 17.2 Å². The topological polar surface area (TPSA) is 64.9 Å². The van der Waals surface area contributed by atoms with Gasteiger partial charge in [0, 0.05) is 12.1 Å². The highest BCUT2D eigenvalue weighted by Gasteiger charge is 2.37. The van der Waals surface area contributed by atoms with Crippen molar-refractivity contribution < 1.29 is 8.78 Å². The Bertz CT molecular complexity index is 441. The number of aromatic nitrogens is 1. The molecule has 1 aromatic rings. The fourth-order valence-corrected chi connectivity index (χ4v) is 2.65. The lowest BCUT2D eigenvalue weighted by Crippen LogP contribution is -2.47. The van der Waals surface area contributed by atoms with E-state index in [0.717, 1.165) is 18.9 Å². The molecule has 4 N–H and O–H groups in total. The maximum atomic E-state index is 13.7. The average Bonchev–Trinajstić information content (AvgIpc) is 2.23. The Morgan fingerprint density at radius 1 is 1.41 bits per heavy atom. The van der Waals surface area contributed by atoms with Gasteiger partial charge < -0.3 is 11.5 Å². The minimum absolute atomic E-state index is 0.0159. The number of rotatable bonds is 1. The second kappa shape index (κ2) is 4.59. The molecule has 1 saturated carbocycles. The van der Waals surface area contributed by atoms with Crippen LogP contribution in [0.1, 0.15) is 31.4 Å². The van der Waals surface area contributed by atoms with Crippen molar-refractivity contribution in [3.8, 4) is 0 Å². The van der Waals surface area contributed by atoms with Gasteiger partial charge in [-0.25, -0.2) is 13.8 Å². The summed E-state index contributed by atoms with van der Waals surface area (Å²) in [5.41, 5.74) is 11.2. The second-order valence-electron chi connectivity index (χ2n) is 4.60. The number of halogens is 3. The van der Waals surface area contributed by atoms with E-state index in [1.165, 1.54) is 0 Å². The van der Waals surface area contributed by atoms with Gasteiger partial charge >= 0.3 is 0 Å². The van der Waals surface area contributed by atoms with Crippen molar-refractivity contribution in [3.63, 3.8) is 0 Å². The quantitative estimate of drug-likeness (QED) is 0.782. The molecule has 2 rings (SSSR count). The Morgan fingerprint density at radius 2 is 2.12 bits per heavy atom. The van der Waals surface area contributed by atoms with Gasteiger partial charge in [-0.2, -0.15) is 0 Å². The van der Waals surface area contributed by atoms with E-state index in [1.54, 1.807) is 0 Å². The summed E-state index contributed by atoms with van der Waals surface area (Å²) in [5.74, 6) is -1.43. The summed E-state index contributed by atoms with van der Waals surface area (Å²) in [7, 11) is 0. The molecule has 1 fully saturated rings. The number of nitrogens with two attached hydrogens (primary N) is 2. The predicted molar refractivity (Wildman–Crippen MR) is 64.2 cm³/mol. The number of hydrogen-bond acceptors (Lipinski definition) is 3. The molecule has 0 spiro atoms. The van der Waals surface area contributed by atoms with Crippen LogP contribution in [-0.4, -0.2) is 11.0 Å². The van der Waals surface area contributed by atoms with Gasteiger partial charge in [-0.1, -0.05) is 0 Å². The zero-order chi connectivity index (χ0) is 12.6. The molecule has 2 unspecified atom stereocenters. The molecule has 6 heteroatoms. The van der Waals surface area contributed by atoms with E-state index in [4.69, 9.17) is 11.5 Å². The molecular weight excluding hydrogens is 292 g/mol. The first-order valence-corrected chi connectivity index (χ1v) is 6.28. The SMILES string of the molecule is NC1CCCC(N)(c2nc(Br)c(F)cc2F)C1. The molecule has 94 valence electrons. The fraction of sp³-hybridized carbons (Fsp3) is 0.545. The van der Waals surface area contributed by atoms with Gasteiger partial charge in [0.2, 0.25) is 0 Å². The van der Waals surface area contributed by atoms with Crippen LogP contribution in [-0.2, 0) is 5.54 Å². The number of hydrogen-bond donors (Lipinski definition) is 2. The molecule has 0 aromatic carbocycles. The molecule has 1 aliphatic carbocycles. The van der Waals surface area contributed by atoms with Gasteiger partial charge in [0.25, 0.3) is 0 Å². The van der Waals surface area contributed by atoms with Crippen LogP contribution in [0.2, 0.25) is 0 Å². The third-order valence-electron chi connectivity index (χ3n) is 3.18. The highest BCUT2D eigenvalue weighted by Crippen LogP contribution is 2.35. The summed E-state index contributed by atoms with van der Waals surface area (Å²) < 4.78 is 26.8. The molecular formula is C11H14BrF2N3. The predicted octanol–water partition coefficient (Wildman–Crippen LogP) is 2.18. The van der Waals surface area contributed by atoms with Gasteiger partial charge in [0.15, 0.2) is 5.82 Å². The minimum atomic E-state index is -0.891.